The van der Waals surface area contributed by atoms with Crippen LogP contribution in [0.5, 0.6) is 0 Å². The van der Waals surface area contributed by atoms with Crippen LogP contribution in [0.1, 0.15) is 0 Å². The van der Waals surface area contributed by atoms with Gasteiger partial charge in [-0.2, -0.15) is 0 Å². The predicted molar refractivity (Wildman–Crippen MR) is 237 cm³/mol. The molecule has 266 valence electrons. The average Bonchev–Trinajstić information content (AvgIpc) is 3.86. The maximum absolute atomic E-state index is 6.53. The van der Waals surface area contributed by atoms with Gasteiger partial charge in [0, 0.05) is 67.2 Å². The standard InChI is InChI=1S/C53H32N2O2/c1-3-7-50-44(5-1)46-25-19-37-17-23-42(30-48(37)52(46)56-50)55(43-24-18-38-20-26-47-45-6-2-4-8-51(45)57-53(47)49(38)31-43)41-21-15-34(16-22-41)33-9-11-35(12-10-33)39-14-13-36-27-28-54-32-40(36)29-39/h1-32H. The average molecular weight is 729 g/mol. The smallest absolute Gasteiger partial charge is 0.143 e. The summed E-state index contributed by atoms with van der Waals surface area (Å²) >= 11 is 0. The molecular weight excluding hydrogens is 697 g/mol. The second-order valence-electron chi connectivity index (χ2n) is 14.8. The van der Waals surface area contributed by atoms with E-state index in [4.69, 9.17) is 8.83 Å². The molecule has 0 amide bonds. The summed E-state index contributed by atoms with van der Waals surface area (Å²) in [7, 11) is 0. The van der Waals surface area contributed by atoms with Gasteiger partial charge in [0.2, 0.25) is 0 Å². The Labute approximate surface area is 327 Å². The lowest BCUT2D eigenvalue weighted by Gasteiger charge is -2.26. The Morgan fingerprint density at radius 2 is 0.807 bits per heavy atom. The highest BCUT2D eigenvalue weighted by molar-refractivity contribution is 6.17. The van der Waals surface area contributed by atoms with Crippen LogP contribution in [0.4, 0.5) is 17.1 Å². The van der Waals surface area contributed by atoms with Crippen molar-refractivity contribution in [3.63, 3.8) is 0 Å². The van der Waals surface area contributed by atoms with Gasteiger partial charge in [0.15, 0.2) is 0 Å². The van der Waals surface area contributed by atoms with Crippen molar-refractivity contribution in [1.82, 2.24) is 4.98 Å². The summed E-state index contributed by atoms with van der Waals surface area (Å²) in [6, 6.07) is 64.9. The molecule has 0 saturated heterocycles. The first-order valence-electron chi connectivity index (χ1n) is 19.2. The van der Waals surface area contributed by atoms with Gasteiger partial charge in [-0.25, -0.2) is 0 Å². The largest absolute Gasteiger partial charge is 0.455 e. The topological polar surface area (TPSA) is 42.4 Å². The van der Waals surface area contributed by atoms with Gasteiger partial charge in [0.25, 0.3) is 0 Å². The highest BCUT2D eigenvalue weighted by atomic mass is 16.3. The summed E-state index contributed by atoms with van der Waals surface area (Å²) in [5.41, 5.74) is 11.4. The lowest BCUT2D eigenvalue weighted by Crippen LogP contribution is -2.10. The third-order valence-electron chi connectivity index (χ3n) is 11.5. The van der Waals surface area contributed by atoms with Gasteiger partial charge < -0.3 is 13.7 Å². The number of nitrogens with zero attached hydrogens (tertiary/aromatic N) is 2. The third kappa shape index (κ3) is 5.12. The number of aromatic nitrogens is 1. The van der Waals surface area contributed by atoms with Crippen LogP contribution in [0, 0.1) is 0 Å². The zero-order chi connectivity index (χ0) is 37.5. The Balaban J connectivity index is 0.990. The van der Waals surface area contributed by atoms with E-state index in [0.717, 1.165) is 99.0 Å². The molecule has 57 heavy (non-hydrogen) atoms. The van der Waals surface area contributed by atoms with Crippen LogP contribution in [0.3, 0.4) is 0 Å². The molecule has 0 aliphatic carbocycles. The van der Waals surface area contributed by atoms with E-state index in [9.17, 15) is 0 Å². The summed E-state index contributed by atoms with van der Waals surface area (Å²) in [6.07, 6.45) is 3.76. The first kappa shape index (κ1) is 31.6. The summed E-state index contributed by atoms with van der Waals surface area (Å²) in [5, 5.41) is 11.2. The molecule has 4 heteroatoms. The van der Waals surface area contributed by atoms with E-state index in [1.165, 1.54) is 16.5 Å². The number of fused-ring (bicyclic) bond motifs is 11. The number of benzene rings is 9. The Kier molecular flexibility index (Phi) is 6.89. The van der Waals surface area contributed by atoms with Crippen molar-refractivity contribution in [3.05, 3.63) is 194 Å². The summed E-state index contributed by atoms with van der Waals surface area (Å²) < 4.78 is 13.1. The normalized spacial score (nSPS) is 11.9. The van der Waals surface area contributed by atoms with Crippen LogP contribution < -0.4 is 4.90 Å². The van der Waals surface area contributed by atoms with Crippen LogP contribution >= 0.6 is 0 Å². The second kappa shape index (κ2) is 12.4. The molecule has 3 heterocycles. The number of pyridine rings is 1. The molecule has 0 aliphatic heterocycles. The van der Waals surface area contributed by atoms with E-state index in [1.807, 2.05) is 42.7 Å². The molecule has 3 aromatic heterocycles. The van der Waals surface area contributed by atoms with Crippen LogP contribution in [-0.4, -0.2) is 4.98 Å². The summed E-state index contributed by atoms with van der Waals surface area (Å²) in [5.74, 6) is 0. The fourth-order valence-electron chi connectivity index (χ4n) is 8.63. The van der Waals surface area contributed by atoms with Gasteiger partial charge in [-0.1, -0.05) is 109 Å². The van der Waals surface area contributed by atoms with E-state index in [1.54, 1.807) is 0 Å². The number of rotatable bonds is 5. The third-order valence-corrected chi connectivity index (χ3v) is 11.5. The van der Waals surface area contributed by atoms with Gasteiger partial charge >= 0.3 is 0 Å². The Bertz CT molecular complexity index is 3370. The molecule has 0 unspecified atom stereocenters. The minimum absolute atomic E-state index is 0.893. The fourth-order valence-corrected chi connectivity index (χ4v) is 8.63. The minimum Gasteiger partial charge on any atom is -0.455 e. The van der Waals surface area contributed by atoms with E-state index in [0.29, 0.717) is 0 Å². The molecule has 4 nitrogen and oxygen atoms in total. The first-order valence-corrected chi connectivity index (χ1v) is 19.2. The van der Waals surface area contributed by atoms with Gasteiger partial charge in [0.1, 0.15) is 22.3 Å². The van der Waals surface area contributed by atoms with Crippen LogP contribution in [0.2, 0.25) is 0 Å². The monoisotopic (exact) mass is 728 g/mol. The predicted octanol–water partition coefficient (Wildman–Crippen LogP) is 15.1. The van der Waals surface area contributed by atoms with Crippen molar-refractivity contribution >= 4 is 93.3 Å². The Hall–Kier alpha value is -7.69. The van der Waals surface area contributed by atoms with E-state index >= 15 is 0 Å². The lowest BCUT2D eigenvalue weighted by atomic mass is 9.98. The molecule has 0 saturated carbocycles. The van der Waals surface area contributed by atoms with E-state index in [-0.39, 0.29) is 0 Å². The number of para-hydroxylation sites is 2. The first-order chi connectivity index (χ1) is 28.2. The highest BCUT2D eigenvalue weighted by Gasteiger charge is 2.18. The zero-order valence-corrected chi connectivity index (χ0v) is 30.7. The maximum atomic E-state index is 6.53. The molecule has 0 bridgehead atoms. The molecule has 12 rings (SSSR count). The second-order valence-corrected chi connectivity index (χ2v) is 14.8. The molecule has 0 radical (unpaired) electrons. The van der Waals surface area contributed by atoms with Crippen molar-refractivity contribution in [3.8, 4) is 22.3 Å². The van der Waals surface area contributed by atoms with Crippen LogP contribution in [0.15, 0.2) is 203 Å². The molecule has 0 N–H and O–H groups in total. The molecule has 0 atom stereocenters. The van der Waals surface area contributed by atoms with Crippen molar-refractivity contribution in [1.29, 1.82) is 0 Å². The van der Waals surface area contributed by atoms with Gasteiger partial charge in [-0.3, -0.25) is 4.98 Å². The number of furan rings is 2. The molecular formula is C53H32N2O2. The number of anilines is 3. The molecule has 0 spiro atoms. The van der Waals surface area contributed by atoms with Crippen molar-refractivity contribution < 1.29 is 8.83 Å². The minimum atomic E-state index is 0.893. The molecule has 0 fully saturated rings. The number of hydrogen-bond donors (Lipinski definition) is 0. The van der Waals surface area contributed by atoms with Crippen LogP contribution in [0.25, 0.3) is 98.4 Å². The fraction of sp³-hybridized carbons (Fsp3) is 0. The number of hydrogen-bond acceptors (Lipinski definition) is 4. The van der Waals surface area contributed by atoms with Crippen LogP contribution in [-0.2, 0) is 0 Å². The van der Waals surface area contributed by atoms with Gasteiger partial charge in [-0.05, 0) is 111 Å². The van der Waals surface area contributed by atoms with E-state index in [2.05, 4.69) is 162 Å². The Morgan fingerprint density at radius 3 is 1.40 bits per heavy atom. The highest BCUT2D eigenvalue weighted by Crippen LogP contribution is 2.43. The summed E-state index contributed by atoms with van der Waals surface area (Å²) in [4.78, 5) is 6.65. The lowest BCUT2D eigenvalue weighted by molar-refractivity contribution is 0.672. The van der Waals surface area contributed by atoms with E-state index < -0.39 is 0 Å². The summed E-state index contributed by atoms with van der Waals surface area (Å²) in [6.45, 7) is 0. The maximum Gasteiger partial charge on any atom is 0.143 e. The van der Waals surface area contributed by atoms with Gasteiger partial charge in [-0.15, -0.1) is 0 Å². The quantitative estimate of drug-likeness (QED) is 0.177. The molecule has 12 aromatic rings. The van der Waals surface area contributed by atoms with Crippen molar-refractivity contribution in [2.24, 2.45) is 0 Å². The molecule has 0 aliphatic rings. The van der Waals surface area contributed by atoms with Crippen molar-refractivity contribution in [2.45, 2.75) is 0 Å². The van der Waals surface area contributed by atoms with Crippen molar-refractivity contribution in [2.75, 3.05) is 4.90 Å². The SMILES string of the molecule is c1ccc2c(c1)oc1c3cc(N(c4ccc(-c5ccc(-c6ccc7ccncc7c6)cc5)cc4)c4ccc5ccc6c7ccccc7oc6c5c4)ccc3ccc21. The zero-order valence-electron chi connectivity index (χ0n) is 30.7. The Morgan fingerprint density at radius 1 is 0.333 bits per heavy atom. The van der Waals surface area contributed by atoms with Gasteiger partial charge in [0.05, 0.1) is 0 Å². The molecule has 9 aromatic carbocycles.